The zero-order chi connectivity index (χ0) is 24.1. The highest BCUT2D eigenvalue weighted by Gasteiger charge is 2.59. The summed E-state index contributed by atoms with van der Waals surface area (Å²) in [5.74, 6) is 1.12. The molecule has 3 saturated carbocycles. The first-order valence-corrected chi connectivity index (χ1v) is 13.4. The summed E-state index contributed by atoms with van der Waals surface area (Å²) in [4.78, 5) is 26.9. The smallest absolute Gasteiger partial charge is 0.397 e. The Morgan fingerprint density at radius 3 is 2.52 bits per heavy atom. The van der Waals surface area contributed by atoms with Gasteiger partial charge in [-0.25, -0.2) is 4.79 Å². The van der Waals surface area contributed by atoms with Gasteiger partial charge in [0.1, 0.15) is 6.10 Å². The van der Waals surface area contributed by atoms with Crippen molar-refractivity contribution in [1.29, 1.82) is 0 Å². The lowest BCUT2D eigenvalue weighted by Crippen LogP contribution is -2.51. The van der Waals surface area contributed by atoms with E-state index >= 15 is 0 Å². The largest absolute Gasteiger partial charge is 0.455 e. The van der Waals surface area contributed by atoms with Gasteiger partial charge in [-0.3, -0.25) is 4.79 Å². The van der Waals surface area contributed by atoms with E-state index < -0.39 is 11.9 Å². The van der Waals surface area contributed by atoms with Crippen molar-refractivity contribution in [3.8, 4) is 0 Å². The van der Waals surface area contributed by atoms with E-state index in [-0.39, 0.29) is 29.1 Å². The van der Waals surface area contributed by atoms with Crippen LogP contribution in [-0.2, 0) is 14.3 Å². The number of carbonyl (C=O) groups excluding carboxylic acids is 2. The minimum Gasteiger partial charge on any atom is -0.455 e. The minimum atomic E-state index is -0.697. The van der Waals surface area contributed by atoms with E-state index in [1.807, 2.05) is 27.7 Å². The van der Waals surface area contributed by atoms with Crippen LogP contribution in [0.25, 0.3) is 0 Å². The standard InChI is InChI=1S/C28H45NO4/c1-7-29(17(2)3)25(31)26(32)33-18(4)22-10-11-23-21-9-8-19-16-20(30)12-14-27(19,5)24(21)13-15-28(22,23)6/h8,17-18,20-24,30H,7,9-16H2,1-6H3/t18-,20-,21-,22+,23-,24-,27-,28+/m0/s1. The highest BCUT2D eigenvalue weighted by atomic mass is 16.5. The van der Waals surface area contributed by atoms with Gasteiger partial charge in [-0.05, 0) is 108 Å². The van der Waals surface area contributed by atoms with Gasteiger partial charge in [0, 0.05) is 18.5 Å². The lowest BCUT2D eigenvalue weighted by molar-refractivity contribution is -0.168. The van der Waals surface area contributed by atoms with E-state index in [4.69, 9.17) is 4.74 Å². The van der Waals surface area contributed by atoms with Gasteiger partial charge in [0.2, 0.25) is 0 Å². The number of esters is 1. The summed E-state index contributed by atoms with van der Waals surface area (Å²) in [5, 5.41) is 10.2. The Hall–Kier alpha value is -1.36. The first-order chi connectivity index (χ1) is 15.5. The third-order valence-electron chi connectivity index (χ3n) is 10.4. The van der Waals surface area contributed by atoms with Crippen molar-refractivity contribution in [2.75, 3.05) is 6.54 Å². The molecule has 1 amide bonds. The molecule has 5 nitrogen and oxygen atoms in total. The molecule has 0 radical (unpaired) electrons. The van der Waals surface area contributed by atoms with Crippen molar-refractivity contribution >= 4 is 11.9 Å². The van der Waals surface area contributed by atoms with E-state index in [9.17, 15) is 14.7 Å². The zero-order valence-electron chi connectivity index (χ0n) is 21.6. The van der Waals surface area contributed by atoms with Crippen molar-refractivity contribution < 1.29 is 19.4 Å². The molecule has 0 heterocycles. The molecular formula is C28H45NO4. The number of hydrogen-bond donors (Lipinski definition) is 1. The Labute approximate surface area is 200 Å². The third kappa shape index (κ3) is 4.06. The van der Waals surface area contributed by atoms with Crippen LogP contribution in [0, 0.1) is 34.5 Å². The SMILES string of the molecule is CCN(C(=O)C(=O)O[C@@H](C)[C@H]1CC[C@H]2[C@@H]3CC=C4C[C@@H](O)CC[C@]4(C)[C@H]3CC[C@]12C)C(C)C. The van der Waals surface area contributed by atoms with E-state index in [1.165, 1.54) is 18.4 Å². The molecule has 0 aromatic carbocycles. The molecule has 186 valence electrons. The Bertz CT molecular complexity index is 806. The number of hydrogen-bond acceptors (Lipinski definition) is 4. The number of rotatable bonds is 4. The highest BCUT2D eigenvalue weighted by Crippen LogP contribution is 2.66. The monoisotopic (exact) mass is 459 g/mol. The number of fused-ring (bicyclic) bond motifs is 5. The lowest BCUT2D eigenvalue weighted by Gasteiger charge is -2.58. The molecule has 0 unspecified atom stereocenters. The number of ether oxygens (including phenoxy) is 1. The van der Waals surface area contributed by atoms with Crippen LogP contribution in [0.5, 0.6) is 0 Å². The number of aliphatic hydroxyl groups excluding tert-OH is 1. The first kappa shape index (κ1) is 24.8. The molecule has 1 N–H and O–H groups in total. The zero-order valence-corrected chi connectivity index (χ0v) is 21.6. The van der Waals surface area contributed by atoms with E-state index in [2.05, 4.69) is 19.9 Å². The third-order valence-corrected chi connectivity index (χ3v) is 10.4. The van der Waals surface area contributed by atoms with E-state index in [0.717, 1.165) is 38.5 Å². The maximum atomic E-state index is 12.7. The molecule has 0 spiro atoms. The second-order valence-corrected chi connectivity index (χ2v) is 12.2. The fourth-order valence-corrected chi connectivity index (χ4v) is 8.62. The fourth-order valence-electron chi connectivity index (χ4n) is 8.62. The Kier molecular flexibility index (Phi) is 6.76. The summed E-state index contributed by atoms with van der Waals surface area (Å²) in [5.41, 5.74) is 1.90. The molecule has 4 aliphatic carbocycles. The van der Waals surface area contributed by atoms with E-state index in [1.54, 1.807) is 4.90 Å². The molecule has 4 rings (SSSR count). The molecule has 3 fully saturated rings. The second-order valence-electron chi connectivity index (χ2n) is 12.2. The van der Waals surface area contributed by atoms with Gasteiger partial charge in [0.25, 0.3) is 0 Å². The van der Waals surface area contributed by atoms with Gasteiger partial charge in [0.15, 0.2) is 0 Å². The van der Waals surface area contributed by atoms with Gasteiger partial charge in [-0.15, -0.1) is 0 Å². The second kappa shape index (κ2) is 9.02. The molecule has 8 atom stereocenters. The van der Waals surface area contributed by atoms with Crippen LogP contribution in [0.3, 0.4) is 0 Å². The topological polar surface area (TPSA) is 66.8 Å². The van der Waals surface area contributed by atoms with Gasteiger partial charge in [-0.2, -0.15) is 0 Å². The maximum absolute atomic E-state index is 12.7. The average Bonchev–Trinajstić information content (AvgIpc) is 3.11. The van der Waals surface area contributed by atoms with Crippen molar-refractivity contribution in [3.05, 3.63) is 11.6 Å². The van der Waals surface area contributed by atoms with Crippen LogP contribution in [0.1, 0.15) is 92.9 Å². The molecule has 33 heavy (non-hydrogen) atoms. The quantitative estimate of drug-likeness (QED) is 0.360. The van der Waals surface area contributed by atoms with Crippen LogP contribution in [0.4, 0.5) is 0 Å². The average molecular weight is 460 g/mol. The van der Waals surface area contributed by atoms with Crippen LogP contribution >= 0.6 is 0 Å². The molecule has 0 aromatic heterocycles. The molecular weight excluding hydrogens is 414 g/mol. The molecule has 0 aromatic rings. The van der Waals surface area contributed by atoms with E-state index in [0.29, 0.717) is 30.2 Å². The van der Waals surface area contributed by atoms with Crippen molar-refractivity contribution in [2.45, 2.75) is 111 Å². The lowest BCUT2D eigenvalue weighted by atomic mass is 9.47. The summed E-state index contributed by atoms with van der Waals surface area (Å²) in [6, 6.07) is -0.0134. The van der Waals surface area contributed by atoms with Gasteiger partial charge >= 0.3 is 11.9 Å². The predicted molar refractivity (Wildman–Crippen MR) is 129 cm³/mol. The summed E-state index contributed by atoms with van der Waals surface area (Å²) in [6.45, 7) is 13.2. The van der Waals surface area contributed by atoms with Crippen LogP contribution < -0.4 is 0 Å². The fraction of sp³-hybridized carbons (Fsp3) is 0.857. The Morgan fingerprint density at radius 1 is 1.12 bits per heavy atom. The number of nitrogens with zero attached hydrogens (tertiary/aromatic N) is 1. The summed E-state index contributed by atoms with van der Waals surface area (Å²) in [7, 11) is 0. The van der Waals surface area contributed by atoms with Gasteiger partial charge in [0.05, 0.1) is 6.10 Å². The number of carbonyl (C=O) groups is 2. The van der Waals surface area contributed by atoms with Crippen molar-refractivity contribution in [2.24, 2.45) is 34.5 Å². The van der Waals surface area contributed by atoms with Crippen LogP contribution in [0.2, 0.25) is 0 Å². The van der Waals surface area contributed by atoms with Gasteiger partial charge < -0.3 is 14.7 Å². The molecule has 0 saturated heterocycles. The molecule has 0 bridgehead atoms. The van der Waals surface area contributed by atoms with Crippen LogP contribution in [0.15, 0.2) is 11.6 Å². The predicted octanol–water partition coefficient (Wildman–Crippen LogP) is 5.11. The van der Waals surface area contributed by atoms with Crippen molar-refractivity contribution in [1.82, 2.24) is 4.90 Å². The highest BCUT2D eigenvalue weighted by molar-refractivity contribution is 6.32. The summed E-state index contributed by atoms with van der Waals surface area (Å²) in [6.07, 6.45) is 10.7. The van der Waals surface area contributed by atoms with Gasteiger partial charge in [-0.1, -0.05) is 25.5 Å². The Balaban J connectivity index is 1.48. The molecule has 4 aliphatic rings. The molecule has 0 aliphatic heterocycles. The van der Waals surface area contributed by atoms with Crippen molar-refractivity contribution in [3.63, 3.8) is 0 Å². The maximum Gasteiger partial charge on any atom is 0.397 e. The summed E-state index contributed by atoms with van der Waals surface area (Å²) < 4.78 is 5.83. The Morgan fingerprint density at radius 2 is 1.85 bits per heavy atom. The number of likely N-dealkylation sites (N-methyl/N-ethyl adjacent to an activating group) is 1. The molecule has 5 heteroatoms. The first-order valence-electron chi connectivity index (χ1n) is 13.4. The number of amides is 1. The minimum absolute atomic E-state index is 0.0134. The summed E-state index contributed by atoms with van der Waals surface area (Å²) >= 11 is 0. The number of allylic oxidation sites excluding steroid dienone is 1. The number of aliphatic hydroxyl groups is 1. The normalized spacial score (nSPS) is 40.8. The van der Waals surface area contributed by atoms with Crippen LogP contribution in [-0.4, -0.2) is 46.7 Å².